The Hall–Kier alpha value is -1.50. The van der Waals surface area contributed by atoms with Crippen LogP contribution in [0.3, 0.4) is 0 Å². The van der Waals surface area contributed by atoms with E-state index in [-0.39, 0.29) is 0 Å². The average molecular weight is 185 g/mol. The molecule has 0 spiro atoms. The number of benzene rings is 1. The van der Waals surface area contributed by atoms with Crippen molar-refractivity contribution in [3.8, 4) is 0 Å². The molecule has 1 aliphatic rings. The van der Waals surface area contributed by atoms with Crippen molar-refractivity contribution < 1.29 is 0 Å². The first-order chi connectivity index (χ1) is 6.75. The fraction of sp³-hybridized carbons (Fsp3) is 0.231. The van der Waals surface area contributed by atoms with E-state index in [0.717, 1.165) is 6.42 Å². The highest BCUT2D eigenvalue weighted by Crippen LogP contribution is 2.26. The van der Waals surface area contributed by atoms with Gasteiger partial charge in [0.1, 0.15) is 0 Å². The monoisotopic (exact) mass is 185 g/mol. The second-order valence-corrected chi connectivity index (χ2v) is 3.84. The summed E-state index contributed by atoms with van der Waals surface area (Å²) in [5.41, 5.74) is 4.13. The minimum Gasteiger partial charge on any atom is -0.357 e. The maximum atomic E-state index is 2.20. The molecule has 1 heteroatoms. The molecule has 1 heterocycles. The molecule has 0 aliphatic carbocycles. The van der Waals surface area contributed by atoms with Gasteiger partial charge in [0.15, 0.2) is 0 Å². The van der Waals surface area contributed by atoms with Gasteiger partial charge in [0.25, 0.3) is 0 Å². The number of allylic oxidation sites excluding steroid dienone is 2. The SMILES string of the molecule is CC1=CN(C)C=C(c2ccccc2)C1. The third-order valence-corrected chi connectivity index (χ3v) is 2.40. The zero-order valence-electron chi connectivity index (χ0n) is 8.70. The molecule has 0 N–H and O–H groups in total. The second kappa shape index (κ2) is 3.70. The van der Waals surface area contributed by atoms with Crippen LogP contribution in [0.2, 0.25) is 0 Å². The van der Waals surface area contributed by atoms with Gasteiger partial charge in [-0.2, -0.15) is 0 Å². The van der Waals surface area contributed by atoms with E-state index in [1.54, 1.807) is 0 Å². The Morgan fingerprint density at radius 3 is 2.43 bits per heavy atom. The second-order valence-electron chi connectivity index (χ2n) is 3.84. The van der Waals surface area contributed by atoms with Gasteiger partial charge in [0.05, 0.1) is 0 Å². The van der Waals surface area contributed by atoms with E-state index < -0.39 is 0 Å². The molecule has 0 fully saturated rings. The largest absolute Gasteiger partial charge is 0.357 e. The van der Waals surface area contributed by atoms with Crippen molar-refractivity contribution in [2.45, 2.75) is 13.3 Å². The van der Waals surface area contributed by atoms with Crippen LogP contribution in [0.4, 0.5) is 0 Å². The minimum atomic E-state index is 1.06. The van der Waals surface area contributed by atoms with E-state index in [1.165, 1.54) is 16.7 Å². The van der Waals surface area contributed by atoms with Crippen molar-refractivity contribution in [2.24, 2.45) is 0 Å². The summed E-state index contributed by atoms with van der Waals surface area (Å²) in [6, 6.07) is 10.6. The van der Waals surface area contributed by atoms with Gasteiger partial charge >= 0.3 is 0 Å². The average Bonchev–Trinajstić information content (AvgIpc) is 2.18. The van der Waals surface area contributed by atoms with Crippen molar-refractivity contribution in [3.63, 3.8) is 0 Å². The Bertz CT molecular complexity index is 373. The lowest BCUT2D eigenvalue weighted by atomic mass is 9.98. The van der Waals surface area contributed by atoms with Crippen LogP contribution in [-0.2, 0) is 0 Å². The molecule has 1 aromatic carbocycles. The van der Waals surface area contributed by atoms with Crippen molar-refractivity contribution in [1.82, 2.24) is 4.90 Å². The Balaban J connectivity index is 2.29. The first-order valence-electron chi connectivity index (χ1n) is 4.91. The molecular formula is C13H15N. The fourth-order valence-corrected chi connectivity index (χ4v) is 1.85. The minimum absolute atomic E-state index is 1.06. The Kier molecular flexibility index (Phi) is 2.40. The molecule has 0 amide bonds. The molecule has 1 aliphatic heterocycles. The Morgan fingerprint density at radius 2 is 1.79 bits per heavy atom. The summed E-state index contributed by atoms with van der Waals surface area (Å²) < 4.78 is 0. The van der Waals surface area contributed by atoms with Crippen LogP contribution in [0.15, 0.2) is 48.3 Å². The molecule has 2 rings (SSSR count). The summed E-state index contributed by atoms with van der Waals surface area (Å²) in [5, 5.41) is 0. The molecular weight excluding hydrogens is 170 g/mol. The Labute approximate surface area is 85.4 Å². The molecule has 0 bridgehead atoms. The van der Waals surface area contributed by atoms with E-state index in [2.05, 4.69) is 61.6 Å². The maximum absolute atomic E-state index is 2.20. The molecule has 72 valence electrons. The van der Waals surface area contributed by atoms with Crippen molar-refractivity contribution in [3.05, 3.63) is 53.9 Å². The molecule has 0 saturated heterocycles. The highest BCUT2D eigenvalue weighted by Gasteiger charge is 2.07. The molecule has 0 unspecified atom stereocenters. The number of nitrogens with zero attached hydrogens (tertiary/aromatic N) is 1. The lowest BCUT2D eigenvalue weighted by Gasteiger charge is -2.20. The highest BCUT2D eigenvalue weighted by molar-refractivity contribution is 5.68. The van der Waals surface area contributed by atoms with Gasteiger partial charge in [-0.3, -0.25) is 0 Å². The summed E-state index contributed by atoms with van der Waals surface area (Å²) in [4.78, 5) is 2.13. The first kappa shape index (κ1) is 9.07. The van der Waals surface area contributed by atoms with E-state index >= 15 is 0 Å². The van der Waals surface area contributed by atoms with Gasteiger partial charge in [0, 0.05) is 19.4 Å². The van der Waals surface area contributed by atoms with Gasteiger partial charge in [-0.25, -0.2) is 0 Å². The lowest BCUT2D eigenvalue weighted by molar-refractivity contribution is 0.608. The summed E-state index contributed by atoms with van der Waals surface area (Å²) in [5.74, 6) is 0. The highest BCUT2D eigenvalue weighted by atomic mass is 15.1. The number of hydrogen-bond acceptors (Lipinski definition) is 1. The number of hydrogen-bond donors (Lipinski definition) is 0. The lowest BCUT2D eigenvalue weighted by Crippen LogP contribution is -2.08. The van der Waals surface area contributed by atoms with Crippen LogP contribution in [-0.4, -0.2) is 11.9 Å². The van der Waals surface area contributed by atoms with Crippen LogP contribution in [0.5, 0.6) is 0 Å². The maximum Gasteiger partial charge on any atom is 0.0106 e. The van der Waals surface area contributed by atoms with Gasteiger partial charge < -0.3 is 4.90 Å². The predicted octanol–water partition coefficient (Wildman–Crippen LogP) is 3.27. The first-order valence-corrected chi connectivity index (χ1v) is 4.91. The molecule has 14 heavy (non-hydrogen) atoms. The zero-order chi connectivity index (χ0) is 9.97. The zero-order valence-corrected chi connectivity index (χ0v) is 8.70. The quantitative estimate of drug-likeness (QED) is 0.649. The third-order valence-electron chi connectivity index (χ3n) is 2.40. The van der Waals surface area contributed by atoms with E-state index in [0.29, 0.717) is 0 Å². The summed E-state index contributed by atoms with van der Waals surface area (Å²) in [7, 11) is 2.08. The predicted molar refractivity (Wildman–Crippen MR) is 60.6 cm³/mol. The van der Waals surface area contributed by atoms with Gasteiger partial charge in [0.2, 0.25) is 0 Å². The standard InChI is InChI=1S/C13H15N/c1-11-8-13(10-14(2)9-11)12-6-4-3-5-7-12/h3-7,9-10H,8H2,1-2H3. The Morgan fingerprint density at radius 1 is 1.07 bits per heavy atom. The summed E-state index contributed by atoms with van der Waals surface area (Å²) in [6.45, 7) is 2.17. The van der Waals surface area contributed by atoms with Crippen LogP contribution in [0.1, 0.15) is 18.9 Å². The van der Waals surface area contributed by atoms with Gasteiger partial charge in [-0.15, -0.1) is 0 Å². The molecule has 0 saturated carbocycles. The normalized spacial score (nSPS) is 16.3. The molecule has 0 atom stereocenters. The molecule has 1 nitrogen and oxygen atoms in total. The van der Waals surface area contributed by atoms with Crippen molar-refractivity contribution in [2.75, 3.05) is 7.05 Å². The van der Waals surface area contributed by atoms with E-state index in [4.69, 9.17) is 0 Å². The van der Waals surface area contributed by atoms with Crippen molar-refractivity contribution in [1.29, 1.82) is 0 Å². The molecule has 1 aromatic rings. The summed E-state index contributed by atoms with van der Waals surface area (Å²) >= 11 is 0. The smallest absolute Gasteiger partial charge is 0.0106 e. The van der Waals surface area contributed by atoms with Crippen LogP contribution in [0.25, 0.3) is 5.57 Å². The molecule has 0 aromatic heterocycles. The third kappa shape index (κ3) is 1.87. The van der Waals surface area contributed by atoms with Crippen LogP contribution in [0, 0.1) is 0 Å². The van der Waals surface area contributed by atoms with E-state index in [1.807, 2.05) is 0 Å². The summed E-state index contributed by atoms with van der Waals surface area (Å²) in [6.07, 6.45) is 5.43. The fourth-order valence-electron chi connectivity index (χ4n) is 1.85. The number of rotatable bonds is 1. The van der Waals surface area contributed by atoms with Crippen LogP contribution < -0.4 is 0 Å². The molecule has 0 radical (unpaired) electrons. The topological polar surface area (TPSA) is 3.24 Å². The van der Waals surface area contributed by atoms with Crippen molar-refractivity contribution >= 4 is 5.57 Å². The van der Waals surface area contributed by atoms with Crippen LogP contribution >= 0.6 is 0 Å². The van der Waals surface area contributed by atoms with E-state index in [9.17, 15) is 0 Å². The van der Waals surface area contributed by atoms with Gasteiger partial charge in [-0.1, -0.05) is 35.9 Å². The van der Waals surface area contributed by atoms with Gasteiger partial charge in [-0.05, 0) is 24.5 Å².